The number of carbonyl (C=O) groups excluding carboxylic acids is 1. The highest BCUT2D eigenvalue weighted by Gasteiger charge is 2.17. The normalized spacial score (nSPS) is 10.4. The number of aliphatic carboxylic acids is 1. The molecule has 0 unspecified atom stereocenters. The summed E-state index contributed by atoms with van der Waals surface area (Å²) in [6.45, 7) is 6.13. The quantitative estimate of drug-likeness (QED) is 0.839. The number of nitrogens with zero attached hydrogens (tertiary/aromatic N) is 1. The zero-order valence-electron chi connectivity index (χ0n) is 12.2. The second-order valence-corrected chi connectivity index (χ2v) is 4.99. The monoisotopic (exact) mass is 278 g/mol. The lowest BCUT2D eigenvalue weighted by Crippen LogP contribution is -2.39. The molecule has 0 aliphatic heterocycles. The predicted octanol–water partition coefficient (Wildman–Crippen LogP) is 3.14. The number of carboxylic acids is 1. The van der Waals surface area contributed by atoms with E-state index in [0.29, 0.717) is 13.0 Å². The van der Waals surface area contributed by atoms with Gasteiger partial charge in [-0.05, 0) is 24.0 Å². The largest absolute Gasteiger partial charge is 0.480 e. The molecule has 1 rings (SSSR count). The molecule has 2 N–H and O–H groups in total. The van der Waals surface area contributed by atoms with Crippen molar-refractivity contribution in [3.63, 3.8) is 0 Å². The number of hydrogen-bond acceptors (Lipinski definition) is 2. The molecule has 0 heterocycles. The number of amides is 2. The summed E-state index contributed by atoms with van der Waals surface area (Å²) < 4.78 is 0. The molecular formula is C15H22N2O3. The molecule has 0 aliphatic carbocycles. The van der Waals surface area contributed by atoms with Crippen molar-refractivity contribution in [1.82, 2.24) is 4.90 Å². The van der Waals surface area contributed by atoms with Crippen LogP contribution in [0, 0.1) is 0 Å². The van der Waals surface area contributed by atoms with Crippen molar-refractivity contribution in [2.24, 2.45) is 0 Å². The Balaban J connectivity index is 2.85. The third-order valence-electron chi connectivity index (χ3n) is 2.93. The predicted molar refractivity (Wildman–Crippen MR) is 79.0 cm³/mol. The summed E-state index contributed by atoms with van der Waals surface area (Å²) in [5.74, 6) is -0.726. The van der Waals surface area contributed by atoms with Crippen molar-refractivity contribution < 1.29 is 14.7 Å². The van der Waals surface area contributed by atoms with Gasteiger partial charge in [-0.15, -0.1) is 0 Å². The molecule has 0 bridgehead atoms. The second kappa shape index (κ2) is 7.53. The van der Waals surface area contributed by atoms with E-state index in [1.165, 1.54) is 4.90 Å². The van der Waals surface area contributed by atoms with Gasteiger partial charge in [-0.25, -0.2) is 4.79 Å². The number of nitrogens with one attached hydrogen (secondary N) is 1. The summed E-state index contributed by atoms with van der Waals surface area (Å²) in [4.78, 5) is 24.3. The molecule has 1 aromatic carbocycles. The summed E-state index contributed by atoms with van der Waals surface area (Å²) in [7, 11) is 0. The maximum atomic E-state index is 12.2. The summed E-state index contributed by atoms with van der Waals surface area (Å²) in [6, 6.07) is 7.19. The summed E-state index contributed by atoms with van der Waals surface area (Å²) in [6.07, 6.45) is 0.715. The molecule has 0 saturated heterocycles. The molecule has 0 spiro atoms. The number of rotatable bonds is 6. The molecule has 0 atom stereocenters. The number of carbonyl (C=O) groups is 2. The van der Waals surface area contributed by atoms with Gasteiger partial charge in [-0.2, -0.15) is 0 Å². The van der Waals surface area contributed by atoms with E-state index in [1.807, 2.05) is 45.0 Å². The molecule has 5 heteroatoms. The van der Waals surface area contributed by atoms with E-state index in [4.69, 9.17) is 5.11 Å². The van der Waals surface area contributed by atoms with Gasteiger partial charge in [0.1, 0.15) is 6.54 Å². The van der Waals surface area contributed by atoms with E-state index in [2.05, 4.69) is 5.32 Å². The van der Waals surface area contributed by atoms with Gasteiger partial charge in [0.05, 0.1) is 0 Å². The first kappa shape index (κ1) is 16.0. The molecule has 1 aromatic rings. The average molecular weight is 278 g/mol. The maximum Gasteiger partial charge on any atom is 0.323 e. The van der Waals surface area contributed by atoms with Crippen molar-refractivity contribution in [3.05, 3.63) is 29.8 Å². The van der Waals surface area contributed by atoms with Gasteiger partial charge in [0.2, 0.25) is 0 Å². The number of anilines is 1. The van der Waals surface area contributed by atoms with Crippen LogP contribution in [0.1, 0.15) is 38.7 Å². The molecule has 0 radical (unpaired) electrons. The van der Waals surface area contributed by atoms with Crippen LogP contribution in [0.3, 0.4) is 0 Å². The molecule has 110 valence electrons. The first-order valence-corrected chi connectivity index (χ1v) is 6.82. The lowest BCUT2D eigenvalue weighted by atomic mass is 10.0. The molecule has 0 saturated carbocycles. The Morgan fingerprint density at radius 1 is 1.30 bits per heavy atom. The molecule has 2 amide bonds. The van der Waals surface area contributed by atoms with Gasteiger partial charge in [0, 0.05) is 12.2 Å². The Labute approximate surface area is 119 Å². The van der Waals surface area contributed by atoms with Crippen LogP contribution in [-0.2, 0) is 4.79 Å². The molecule has 20 heavy (non-hydrogen) atoms. The first-order valence-electron chi connectivity index (χ1n) is 6.82. The fraction of sp³-hybridized carbons (Fsp3) is 0.467. The lowest BCUT2D eigenvalue weighted by molar-refractivity contribution is -0.137. The molecule has 0 fully saturated rings. The van der Waals surface area contributed by atoms with Gasteiger partial charge in [0.25, 0.3) is 0 Å². The Kier molecular flexibility index (Phi) is 6.03. The van der Waals surface area contributed by atoms with Crippen LogP contribution in [0.15, 0.2) is 24.3 Å². The molecule has 5 nitrogen and oxygen atoms in total. The van der Waals surface area contributed by atoms with E-state index < -0.39 is 5.97 Å². The minimum atomic E-state index is -1.01. The smallest absolute Gasteiger partial charge is 0.323 e. The summed E-state index contributed by atoms with van der Waals surface area (Å²) in [5.41, 5.74) is 1.77. The Bertz CT molecular complexity index is 472. The minimum absolute atomic E-state index is 0.283. The van der Waals surface area contributed by atoms with Gasteiger partial charge in [-0.3, -0.25) is 4.79 Å². The van der Waals surface area contributed by atoms with Crippen LogP contribution in [0.2, 0.25) is 0 Å². The summed E-state index contributed by atoms with van der Waals surface area (Å²) in [5, 5.41) is 11.7. The topological polar surface area (TPSA) is 69.6 Å². The number of urea groups is 1. The fourth-order valence-corrected chi connectivity index (χ4v) is 1.99. The minimum Gasteiger partial charge on any atom is -0.480 e. The van der Waals surface area contributed by atoms with Crippen LogP contribution in [0.25, 0.3) is 0 Å². The zero-order valence-corrected chi connectivity index (χ0v) is 12.2. The Morgan fingerprint density at radius 3 is 2.50 bits per heavy atom. The van der Waals surface area contributed by atoms with E-state index in [-0.39, 0.29) is 18.5 Å². The third-order valence-corrected chi connectivity index (χ3v) is 2.93. The van der Waals surface area contributed by atoms with Crippen LogP contribution in [-0.4, -0.2) is 35.1 Å². The van der Waals surface area contributed by atoms with Crippen molar-refractivity contribution in [2.75, 3.05) is 18.4 Å². The Morgan fingerprint density at radius 2 is 1.95 bits per heavy atom. The molecule has 0 aromatic heterocycles. The third kappa shape index (κ3) is 4.57. The van der Waals surface area contributed by atoms with Gasteiger partial charge >= 0.3 is 12.0 Å². The number of hydrogen-bond donors (Lipinski definition) is 2. The van der Waals surface area contributed by atoms with Crippen LogP contribution < -0.4 is 5.32 Å². The van der Waals surface area contributed by atoms with Crippen molar-refractivity contribution in [2.45, 2.75) is 33.1 Å². The van der Waals surface area contributed by atoms with Crippen molar-refractivity contribution >= 4 is 17.7 Å². The first-order chi connectivity index (χ1) is 9.45. The van der Waals surface area contributed by atoms with E-state index >= 15 is 0 Å². The van der Waals surface area contributed by atoms with Crippen LogP contribution in [0.5, 0.6) is 0 Å². The Hall–Kier alpha value is -2.04. The van der Waals surface area contributed by atoms with E-state index in [9.17, 15) is 9.59 Å². The highest BCUT2D eigenvalue weighted by atomic mass is 16.4. The number of benzene rings is 1. The standard InChI is InChI=1S/C15H22N2O3/c1-4-9-17(10-14(18)19)15(20)16-13-8-6-5-7-12(13)11(2)3/h5-8,11H,4,9-10H2,1-3H3,(H,16,20)(H,18,19). The fourth-order valence-electron chi connectivity index (χ4n) is 1.99. The SMILES string of the molecule is CCCN(CC(=O)O)C(=O)Nc1ccccc1C(C)C. The van der Waals surface area contributed by atoms with Crippen LogP contribution in [0.4, 0.5) is 10.5 Å². The zero-order chi connectivity index (χ0) is 15.1. The van der Waals surface area contributed by atoms with Gasteiger partial charge < -0.3 is 15.3 Å². The lowest BCUT2D eigenvalue weighted by Gasteiger charge is -2.22. The highest BCUT2D eigenvalue weighted by Crippen LogP contribution is 2.23. The van der Waals surface area contributed by atoms with Crippen LogP contribution >= 0.6 is 0 Å². The van der Waals surface area contributed by atoms with Gasteiger partial charge in [0.15, 0.2) is 0 Å². The molecular weight excluding hydrogens is 256 g/mol. The average Bonchev–Trinajstić information content (AvgIpc) is 2.38. The van der Waals surface area contributed by atoms with E-state index in [0.717, 1.165) is 11.3 Å². The number of para-hydroxylation sites is 1. The van der Waals surface area contributed by atoms with E-state index in [1.54, 1.807) is 0 Å². The second-order valence-electron chi connectivity index (χ2n) is 4.99. The number of carboxylic acid groups (broad SMARTS) is 1. The summed E-state index contributed by atoms with van der Waals surface area (Å²) >= 11 is 0. The molecule has 0 aliphatic rings. The van der Waals surface area contributed by atoms with Crippen molar-refractivity contribution in [1.29, 1.82) is 0 Å². The highest BCUT2D eigenvalue weighted by molar-refractivity contribution is 5.92. The van der Waals surface area contributed by atoms with Gasteiger partial charge in [-0.1, -0.05) is 39.0 Å². The van der Waals surface area contributed by atoms with Crippen molar-refractivity contribution in [3.8, 4) is 0 Å². The maximum absolute atomic E-state index is 12.2.